The second kappa shape index (κ2) is 9.06. The lowest BCUT2D eigenvalue weighted by Crippen LogP contribution is -2.37. The van der Waals surface area contributed by atoms with Gasteiger partial charge in [-0.2, -0.15) is 0 Å². The molecule has 0 fully saturated rings. The van der Waals surface area contributed by atoms with Gasteiger partial charge in [0.05, 0.1) is 24.1 Å². The van der Waals surface area contributed by atoms with Gasteiger partial charge in [-0.05, 0) is 26.0 Å². The second-order valence-corrected chi connectivity index (χ2v) is 8.36. The van der Waals surface area contributed by atoms with E-state index in [1.807, 2.05) is 13.8 Å². The number of hydrogen-bond acceptors (Lipinski definition) is 9. The number of nitrogens with zero attached hydrogens (tertiary/aromatic N) is 6. The standard InChI is InChI=1S/C21H22N6O5S/c1-12-15(13(2)32-24-12)10-33-18-14(6-5-7-22-18)20(29)31-9-8-27-11-23-17-16(27)19(28)26(4)21(30)25(17)3/h5-7,11H,8-10H2,1-4H3. The summed E-state index contributed by atoms with van der Waals surface area (Å²) >= 11 is 1.40. The average molecular weight is 471 g/mol. The number of pyridine rings is 1. The number of hydrogen-bond donors (Lipinski definition) is 0. The fraction of sp³-hybridized carbons (Fsp3) is 0.333. The van der Waals surface area contributed by atoms with Crippen molar-refractivity contribution in [3.05, 3.63) is 68.1 Å². The summed E-state index contributed by atoms with van der Waals surface area (Å²) in [4.78, 5) is 45.8. The maximum absolute atomic E-state index is 12.7. The monoisotopic (exact) mass is 470 g/mol. The van der Waals surface area contributed by atoms with Gasteiger partial charge in [-0.1, -0.05) is 5.16 Å². The lowest BCUT2D eigenvalue weighted by molar-refractivity contribution is 0.0487. The van der Waals surface area contributed by atoms with Crippen LogP contribution in [-0.4, -0.2) is 41.4 Å². The Morgan fingerprint density at radius 3 is 2.70 bits per heavy atom. The smallest absolute Gasteiger partial charge is 0.340 e. The van der Waals surface area contributed by atoms with Gasteiger partial charge < -0.3 is 13.8 Å². The van der Waals surface area contributed by atoms with Crippen LogP contribution in [0.5, 0.6) is 0 Å². The molecule has 0 aliphatic carbocycles. The number of fused-ring (bicyclic) bond motifs is 1. The summed E-state index contributed by atoms with van der Waals surface area (Å²) in [6.45, 7) is 3.93. The lowest BCUT2D eigenvalue weighted by atomic mass is 10.2. The molecule has 0 saturated carbocycles. The number of esters is 1. The Morgan fingerprint density at radius 2 is 1.97 bits per heavy atom. The van der Waals surface area contributed by atoms with Crippen LogP contribution in [0.4, 0.5) is 0 Å². The van der Waals surface area contributed by atoms with Gasteiger partial charge in [-0.15, -0.1) is 11.8 Å². The molecular formula is C21H22N6O5S. The molecule has 0 radical (unpaired) electrons. The molecule has 0 atom stereocenters. The van der Waals surface area contributed by atoms with Crippen LogP contribution in [0.1, 0.15) is 27.4 Å². The van der Waals surface area contributed by atoms with Crippen molar-refractivity contribution in [2.75, 3.05) is 6.61 Å². The molecule has 0 aromatic carbocycles. The third-order valence-electron chi connectivity index (χ3n) is 5.31. The molecule has 4 aromatic heterocycles. The highest BCUT2D eigenvalue weighted by molar-refractivity contribution is 7.98. The van der Waals surface area contributed by atoms with Gasteiger partial charge in [0.2, 0.25) is 0 Å². The van der Waals surface area contributed by atoms with Gasteiger partial charge in [-0.3, -0.25) is 13.9 Å². The van der Waals surface area contributed by atoms with E-state index >= 15 is 0 Å². The van der Waals surface area contributed by atoms with Gasteiger partial charge in [0.25, 0.3) is 5.56 Å². The molecule has 172 valence electrons. The summed E-state index contributed by atoms with van der Waals surface area (Å²) in [6, 6.07) is 3.33. The molecule has 0 N–H and O–H groups in total. The normalized spacial score (nSPS) is 11.3. The Balaban J connectivity index is 1.46. The van der Waals surface area contributed by atoms with E-state index in [1.165, 1.54) is 29.7 Å². The zero-order chi connectivity index (χ0) is 23.7. The first-order valence-electron chi connectivity index (χ1n) is 10.1. The first-order chi connectivity index (χ1) is 15.8. The van der Waals surface area contributed by atoms with E-state index in [0.29, 0.717) is 16.3 Å². The predicted molar refractivity (Wildman–Crippen MR) is 120 cm³/mol. The van der Waals surface area contributed by atoms with E-state index in [9.17, 15) is 14.4 Å². The molecule has 0 bridgehead atoms. The zero-order valence-electron chi connectivity index (χ0n) is 18.6. The zero-order valence-corrected chi connectivity index (χ0v) is 19.4. The Labute approximate surface area is 192 Å². The number of aromatic nitrogens is 6. The topological polar surface area (TPSA) is 127 Å². The summed E-state index contributed by atoms with van der Waals surface area (Å²) in [7, 11) is 2.96. The minimum Gasteiger partial charge on any atom is -0.460 e. The van der Waals surface area contributed by atoms with E-state index in [-0.39, 0.29) is 24.3 Å². The van der Waals surface area contributed by atoms with Crippen molar-refractivity contribution >= 4 is 28.9 Å². The molecule has 11 nitrogen and oxygen atoms in total. The summed E-state index contributed by atoms with van der Waals surface area (Å²) in [5, 5.41) is 4.48. The van der Waals surface area contributed by atoms with Crippen LogP contribution in [0.15, 0.2) is 43.8 Å². The number of carbonyl (C=O) groups is 1. The molecule has 0 aliphatic rings. The van der Waals surface area contributed by atoms with Gasteiger partial charge in [0.1, 0.15) is 17.4 Å². The number of imidazole rings is 1. The van der Waals surface area contributed by atoms with Crippen molar-refractivity contribution in [3.8, 4) is 0 Å². The van der Waals surface area contributed by atoms with Crippen molar-refractivity contribution in [2.24, 2.45) is 14.1 Å². The molecule has 33 heavy (non-hydrogen) atoms. The summed E-state index contributed by atoms with van der Waals surface area (Å²) < 4.78 is 14.5. The van der Waals surface area contributed by atoms with Crippen LogP contribution < -0.4 is 11.2 Å². The number of ether oxygens (including phenoxy) is 1. The molecule has 4 aromatic rings. The van der Waals surface area contributed by atoms with E-state index < -0.39 is 17.2 Å². The molecule has 0 unspecified atom stereocenters. The fourth-order valence-corrected chi connectivity index (χ4v) is 4.53. The fourth-order valence-electron chi connectivity index (χ4n) is 3.39. The molecular weight excluding hydrogens is 448 g/mol. The molecule has 4 heterocycles. The first-order valence-corrected chi connectivity index (χ1v) is 11.1. The predicted octanol–water partition coefficient (Wildman–Crippen LogP) is 1.58. The van der Waals surface area contributed by atoms with Crippen LogP contribution in [0.3, 0.4) is 0 Å². The van der Waals surface area contributed by atoms with Crippen molar-refractivity contribution in [2.45, 2.75) is 31.2 Å². The van der Waals surface area contributed by atoms with Crippen LogP contribution >= 0.6 is 11.8 Å². The molecule has 0 spiro atoms. The maximum Gasteiger partial charge on any atom is 0.340 e. The van der Waals surface area contributed by atoms with E-state index in [4.69, 9.17) is 9.26 Å². The Kier molecular flexibility index (Phi) is 6.18. The Hall–Kier alpha value is -3.67. The highest BCUT2D eigenvalue weighted by atomic mass is 32.2. The van der Waals surface area contributed by atoms with E-state index in [2.05, 4.69) is 15.1 Å². The molecule has 0 amide bonds. The van der Waals surface area contributed by atoms with Crippen molar-refractivity contribution < 1.29 is 14.1 Å². The lowest BCUT2D eigenvalue weighted by Gasteiger charge is -2.10. The number of aryl methyl sites for hydroxylation is 3. The maximum atomic E-state index is 12.7. The summed E-state index contributed by atoms with van der Waals surface area (Å²) in [5.74, 6) is 0.770. The number of thioether (sulfide) groups is 1. The number of carbonyl (C=O) groups excluding carboxylic acids is 1. The van der Waals surface area contributed by atoms with E-state index in [1.54, 1.807) is 29.9 Å². The highest BCUT2D eigenvalue weighted by Crippen LogP contribution is 2.27. The van der Waals surface area contributed by atoms with E-state index in [0.717, 1.165) is 21.6 Å². The summed E-state index contributed by atoms with van der Waals surface area (Å²) in [6.07, 6.45) is 3.07. The van der Waals surface area contributed by atoms with Gasteiger partial charge >= 0.3 is 11.7 Å². The summed E-state index contributed by atoms with van der Waals surface area (Å²) in [5.41, 5.74) is 1.75. The average Bonchev–Trinajstić information content (AvgIpc) is 3.38. The largest absolute Gasteiger partial charge is 0.460 e. The van der Waals surface area contributed by atoms with Crippen molar-refractivity contribution in [3.63, 3.8) is 0 Å². The van der Waals surface area contributed by atoms with Gasteiger partial charge in [0, 0.05) is 31.6 Å². The minimum absolute atomic E-state index is 0.0131. The highest BCUT2D eigenvalue weighted by Gasteiger charge is 2.18. The van der Waals surface area contributed by atoms with Crippen LogP contribution in [0, 0.1) is 13.8 Å². The Morgan fingerprint density at radius 1 is 1.18 bits per heavy atom. The van der Waals surface area contributed by atoms with Gasteiger partial charge in [-0.25, -0.2) is 19.6 Å². The minimum atomic E-state index is -0.519. The molecule has 0 aliphatic heterocycles. The quantitative estimate of drug-likeness (QED) is 0.292. The second-order valence-electron chi connectivity index (χ2n) is 7.40. The third kappa shape index (κ3) is 4.21. The first kappa shape index (κ1) is 22.5. The van der Waals surface area contributed by atoms with Crippen LogP contribution in [0.25, 0.3) is 11.2 Å². The van der Waals surface area contributed by atoms with Crippen LogP contribution in [-0.2, 0) is 31.1 Å². The molecule has 12 heteroatoms. The molecule has 0 saturated heterocycles. The van der Waals surface area contributed by atoms with Gasteiger partial charge in [0.15, 0.2) is 11.2 Å². The number of rotatable bonds is 7. The third-order valence-corrected chi connectivity index (χ3v) is 6.34. The molecule has 4 rings (SSSR count). The van der Waals surface area contributed by atoms with Crippen molar-refractivity contribution in [1.82, 2.24) is 28.8 Å². The SMILES string of the molecule is Cc1noc(C)c1CSc1ncccc1C(=O)OCCn1cnc2c1c(=O)n(C)c(=O)n2C. The Bertz CT molecular complexity index is 1440. The van der Waals surface area contributed by atoms with Crippen molar-refractivity contribution in [1.29, 1.82) is 0 Å². The van der Waals surface area contributed by atoms with Crippen LogP contribution in [0.2, 0.25) is 0 Å².